The van der Waals surface area contributed by atoms with Crippen LogP contribution in [0.4, 0.5) is 11.5 Å². The van der Waals surface area contributed by atoms with Crippen molar-refractivity contribution in [1.29, 1.82) is 0 Å². The van der Waals surface area contributed by atoms with Crippen LogP contribution in [0, 0.1) is 36.0 Å². The van der Waals surface area contributed by atoms with Gasteiger partial charge in [0, 0.05) is 39.3 Å². The SMILES string of the molecule is COc1cc([C@H]2C3=CC[C@@H]4C(=O)N(c5ccc(C(=O)O)c(O)c5)C(=O)[C@@H]4[C@@H]3C[C@H]3C(=O)N(c4cc(-c5sc6ccc(Cl)cc6c5C)nn4C)C(=O)[C@@]23C)c(Br)c(Br)c1O. The van der Waals surface area contributed by atoms with Gasteiger partial charge in [0.1, 0.15) is 22.8 Å². The first-order chi connectivity index (χ1) is 28.0. The molecule has 302 valence electrons. The van der Waals surface area contributed by atoms with Crippen molar-refractivity contribution in [2.24, 2.45) is 36.1 Å². The highest BCUT2D eigenvalue weighted by Crippen LogP contribution is 2.65. The molecule has 5 aromatic rings. The fourth-order valence-corrected chi connectivity index (χ4v) is 12.1. The van der Waals surface area contributed by atoms with Crippen molar-refractivity contribution in [2.75, 3.05) is 16.9 Å². The zero-order valence-corrected chi connectivity index (χ0v) is 36.4. The Kier molecular flexibility index (Phi) is 9.20. The number of imide groups is 2. The molecule has 2 aliphatic carbocycles. The number of anilines is 2. The van der Waals surface area contributed by atoms with Crippen molar-refractivity contribution in [2.45, 2.75) is 32.6 Å². The molecule has 3 N–H and O–H groups in total. The molecule has 13 nitrogen and oxygen atoms in total. The molecule has 59 heavy (non-hydrogen) atoms. The van der Waals surface area contributed by atoms with E-state index in [1.54, 1.807) is 26.1 Å². The van der Waals surface area contributed by atoms with Crippen molar-refractivity contribution in [3.8, 4) is 27.8 Å². The van der Waals surface area contributed by atoms with E-state index in [2.05, 4.69) is 31.9 Å². The maximum absolute atomic E-state index is 15.3. The lowest BCUT2D eigenvalue weighted by atomic mass is 9.51. The standard InChI is InChI=1S/C42H33Br2ClN4O9S/c1-16-22-11-17(45)5-10-29(22)59-36(16)26-15-30(47(3)46-26)49-38(53)25-13-23-19(32(42(25,2)41(49)57)24-14-28(58-4)35(51)34(44)33(24)43)8-9-21-31(23)39(54)48(37(21)52)18-6-7-20(40(55)56)27(50)12-18/h5-8,10-12,14-15,21,23,25,31-32,50-51H,9,13H2,1-4H3,(H,55,56)/t21-,23+,25-,31-,32+,42+/m0/s1. The number of allylic oxidation sites excluding steroid dienone is 2. The number of fused-ring (bicyclic) bond motifs is 5. The predicted octanol–water partition coefficient (Wildman–Crippen LogP) is 8.34. The van der Waals surface area contributed by atoms with Crippen molar-refractivity contribution in [3.63, 3.8) is 0 Å². The van der Waals surface area contributed by atoms with Gasteiger partial charge in [-0.2, -0.15) is 5.10 Å². The lowest BCUT2D eigenvalue weighted by Crippen LogP contribution is -2.49. The molecular formula is C42H33Br2ClN4O9S. The highest BCUT2D eigenvalue weighted by Gasteiger charge is 2.68. The number of carbonyl (C=O) groups is 5. The molecule has 0 spiro atoms. The van der Waals surface area contributed by atoms with Crippen molar-refractivity contribution < 1.29 is 44.0 Å². The third-order valence-electron chi connectivity index (χ3n) is 12.7. The van der Waals surface area contributed by atoms with Crippen LogP contribution in [0.25, 0.3) is 20.7 Å². The van der Waals surface area contributed by atoms with Crippen molar-refractivity contribution in [1.82, 2.24) is 9.78 Å². The van der Waals surface area contributed by atoms with Gasteiger partial charge in [-0.3, -0.25) is 23.9 Å². The molecular weight excluding hydrogens is 932 g/mol. The van der Waals surface area contributed by atoms with Gasteiger partial charge in [-0.05, 0) is 117 Å². The number of aromatic nitrogens is 2. The molecule has 0 radical (unpaired) electrons. The van der Waals surface area contributed by atoms with Gasteiger partial charge in [0.15, 0.2) is 11.5 Å². The third-order valence-corrected chi connectivity index (χ3v) is 16.4. The second kappa shape index (κ2) is 13.8. The summed E-state index contributed by atoms with van der Waals surface area (Å²) in [5, 5.41) is 37.3. The van der Waals surface area contributed by atoms with Gasteiger partial charge in [-0.1, -0.05) is 23.3 Å². The van der Waals surface area contributed by atoms with Crippen LogP contribution in [-0.2, 0) is 26.2 Å². The van der Waals surface area contributed by atoms with E-state index in [-0.39, 0.29) is 45.9 Å². The number of methoxy groups -OCH3 is 1. The van der Waals surface area contributed by atoms with E-state index in [1.807, 2.05) is 31.2 Å². The number of phenols is 2. The van der Waals surface area contributed by atoms with Crippen LogP contribution < -0.4 is 14.5 Å². The number of rotatable bonds is 6. The topological polar surface area (TPSA) is 180 Å². The van der Waals surface area contributed by atoms with Gasteiger partial charge >= 0.3 is 5.97 Å². The molecule has 4 amide bonds. The number of ether oxygens (including phenoxy) is 1. The summed E-state index contributed by atoms with van der Waals surface area (Å²) < 4.78 is 8.75. The Morgan fingerprint density at radius 1 is 0.983 bits per heavy atom. The number of hydrogen-bond donors (Lipinski definition) is 3. The van der Waals surface area contributed by atoms with Gasteiger partial charge in [0.25, 0.3) is 0 Å². The maximum Gasteiger partial charge on any atom is 0.339 e. The summed E-state index contributed by atoms with van der Waals surface area (Å²) in [6.07, 6.45) is 2.08. The number of amides is 4. The number of carboxylic acids is 1. The van der Waals surface area contributed by atoms with E-state index in [0.29, 0.717) is 26.3 Å². The molecule has 2 aliphatic heterocycles. The van der Waals surface area contributed by atoms with E-state index in [4.69, 9.17) is 21.4 Å². The van der Waals surface area contributed by atoms with E-state index in [0.717, 1.165) is 37.6 Å². The molecule has 3 aromatic carbocycles. The summed E-state index contributed by atoms with van der Waals surface area (Å²) in [4.78, 5) is 73.6. The first-order valence-electron chi connectivity index (χ1n) is 18.5. The zero-order chi connectivity index (χ0) is 42.1. The molecule has 4 heterocycles. The summed E-state index contributed by atoms with van der Waals surface area (Å²) in [6.45, 7) is 3.73. The van der Waals surface area contributed by atoms with E-state index in [1.165, 1.54) is 34.1 Å². The number of carboxylic acid groups (broad SMARTS) is 1. The van der Waals surface area contributed by atoms with Gasteiger partial charge in [-0.25, -0.2) is 14.6 Å². The lowest BCUT2D eigenvalue weighted by Gasteiger charge is -2.49. The smallest absolute Gasteiger partial charge is 0.339 e. The third kappa shape index (κ3) is 5.51. The first kappa shape index (κ1) is 39.4. The van der Waals surface area contributed by atoms with Crippen LogP contribution in [0.5, 0.6) is 17.2 Å². The second-order valence-corrected chi connectivity index (χ2v) is 18.6. The molecule has 0 bridgehead atoms. The van der Waals surface area contributed by atoms with Crippen LogP contribution in [0.1, 0.15) is 47.2 Å². The first-order valence-corrected chi connectivity index (χ1v) is 21.3. The Bertz CT molecular complexity index is 2800. The lowest BCUT2D eigenvalue weighted by molar-refractivity contribution is -0.131. The van der Waals surface area contributed by atoms with Gasteiger partial charge in [0.2, 0.25) is 23.6 Å². The highest BCUT2D eigenvalue weighted by atomic mass is 79.9. The minimum atomic E-state index is -1.44. The normalized spacial score (nSPS) is 25.1. The number of aryl methyl sites for hydroxylation is 2. The van der Waals surface area contributed by atoms with Crippen molar-refractivity contribution >= 4 is 106 Å². The van der Waals surface area contributed by atoms with Crippen LogP contribution in [0.15, 0.2) is 69.1 Å². The van der Waals surface area contributed by atoms with Crippen LogP contribution in [0.3, 0.4) is 0 Å². The average Bonchev–Trinajstić information content (AvgIpc) is 3.87. The minimum absolute atomic E-state index is 0.0212. The Morgan fingerprint density at radius 2 is 1.73 bits per heavy atom. The fraction of sp³-hybridized carbons (Fsp3) is 0.286. The number of benzene rings is 3. The average molecular weight is 965 g/mol. The summed E-state index contributed by atoms with van der Waals surface area (Å²) in [7, 11) is 3.07. The number of aromatic hydroxyl groups is 2. The Hall–Kier alpha value is -5.03. The summed E-state index contributed by atoms with van der Waals surface area (Å²) in [5.74, 6) is -8.12. The minimum Gasteiger partial charge on any atom is -0.507 e. The predicted molar refractivity (Wildman–Crippen MR) is 226 cm³/mol. The number of carbonyl (C=O) groups excluding carboxylic acids is 4. The molecule has 1 saturated carbocycles. The molecule has 9 rings (SSSR count). The number of thiophene rings is 1. The number of phenolic OH excluding ortho intramolecular Hbond substituents is 1. The highest BCUT2D eigenvalue weighted by molar-refractivity contribution is 9.13. The Morgan fingerprint density at radius 3 is 2.42 bits per heavy atom. The summed E-state index contributed by atoms with van der Waals surface area (Å²) in [5.41, 5.74) is 0.929. The number of halogens is 3. The fourth-order valence-electron chi connectivity index (χ4n) is 9.86. The zero-order valence-electron chi connectivity index (χ0n) is 31.6. The largest absolute Gasteiger partial charge is 0.507 e. The molecule has 4 aliphatic rings. The quantitative estimate of drug-likeness (QED) is 0.111. The summed E-state index contributed by atoms with van der Waals surface area (Å²) in [6, 6.07) is 12.5. The molecule has 0 unspecified atom stereocenters. The molecule has 2 aromatic heterocycles. The van der Waals surface area contributed by atoms with Crippen LogP contribution in [0.2, 0.25) is 5.02 Å². The van der Waals surface area contributed by atoms with Crippen molar-refractivity contribution in [3.05, 3.63) is 90.8 Å². The van der Waals surface area contributed by atoms with Crippen LogP contribution in [-0.4, -0.2) is 61.8 Å². The molecule has 2 saturated heterocycles. The molecule has 17 heteroatoms. The summed E-state index contributed by atoms with van der Waals surface area (Å²) >= 11 is 15.0. The van der Waals surface area contributed by atoms with E-state index in [9.17, 15) is 29.7 Å². The Balaban J connectivity index is 1.18. The monoisotopic (exact) mass is 962 g/mol. The van der Waals surface area contributed by atoms with Crippen LogP contribution >= 0.6 is 54.8 Å². The van der Waals surface area contributed by atoms with E-state index < -0.39 is 70.4 Å². The van der Waals surface area contributed by atoms with E-state index >= 15 is 9.59 Å². The molecule has 3 fully saturated rings. The van der Waals surface area contributed by atoms with Gasteiger partial charge in [0.05, 0.1) is 45.3 Å². The number of hydrogen-bond acceptors (Lipinski definition) is 10. The number of aromatic carboxylic acids is 1. The van der Waals surface area contributed by atoms with Gasteiger partial charge < -0.3 is 20.1 Å². The second-order valence-electron chi connectivity index (χ2n) is 15.5. The number of nitrogens with zero attached hydrogens (tertiary/aromatic N) is 4. The Labute approximate surface area is 362 Å². The molecule has 6 atom stereocenters. The van der Waals surface area contributed by atoms with Gasteiger partial charge in [-0.15, -0.1) is 11.3 Å². The maximum atomic E-state index is 15.3.